The molecule has 1 amide bonds. The van der Waals surface area contributed by atoms with Crippen molar-refractivity contribution in [1.82, 2.24) is 19.9 Å². The van der Waals surface area contributed by atoms with Gasteiger partial charge in [0.25, 0.3) is 0 Å². The Bertz CT molecular complexity index is 840. The maximum absolute atomic E-state index is 12.7. The number of carbonyl (C=O) groups excluding carboxylic acids is 1. The standard InChI is InChI=1S/C19H22F3N5OS/c1-13-10-14(2)25-18(24-13)29-12-17(28)27-7-3-6-26(8-9-27)16-5-4-15(11-23-16)19(20,21)22/h4-5,10-11H,3,6-9,12H2,1-2H3. The molecule has 156 valence electrons. The van der Waals surface area contributed by atoms with E-state index in [1.54, 1.807) is 4.90 Å². The van der Waals surface area contributed by atoms with Crippen LogP contribution in [0, 0.1) is 13.8 Å². The molecular formula is C19H22F3N5OS. The summed E-state index contributed by atoms with van der Waals surface area (Å²) in [5.41, 5.74) is 0.960. The smallest absolute Gasteiger partial charge is 0.355 e. The van der Waals surface area contributed by atoms with E-state index in [0.29, 0.717) is 37.2 Å². The summed E-state index contributed by atoms with van der Waals surface area (Å²) in [6.07, 6.45) is -2.83. The third-order valence-corrected chi connectivity index (χ3v) is 5.37. The van der Waals surface area contributed by atoms with Crippen molar-refractivity contribution in [3.63, 3.8) is 0 Å². The van der Waals surface area contributed by atoms with E-state index in [4.69, 9.17) is 0 Å². The maximum atomic E-state index is 12.7. The van der Waals surface area contributed by atoms with Crippen molar-refractivity contribution in [2.45, 2.75) is 31.6 Å². The summed E-state index contributed by atoms with van der Waals surface area (Å²) in [6.45, 7) is 6.03. The number of aromatic nitrogens is 3. The SMILES string of the molecule is Cc1cc(C)nc(SCC(=O)N2CCCN(c3ccc(C(F)(F)F)cn3)CC2)n1. The van der Waals surface area contributed by atoms with E-state index in [-0.39, 0.29) is 11.7 Å². The van der Waals surface area contributed by atoms with Crippen LogP contribution in [0.15, 0.2) is 29.6 Å². The molecule has 3 heterocycles. The first-order chi connectivity index (χ1) is 13.7. The Kier molecular flexibility index (Phi) is 6.61. The van der Waals surface area contributed by atoms with Crippen LogP contribution in [0.3, 0.4) is 0 Å². The zero-order chi connectivity index (χ0) is 21.0. The number of thioether (sulfide) groups is 1. The molecule has 1 aliphatic heterocycles. The molecule has 0 radical (unpaired) electrons. The highest BCUT2D eigenvalue weighted by atomic mass is 32.2. The predicted molar refractivity (Wildman–Crippen MR) is 105 cm³/mol. The Morgan fingerprint density at radius 3 is 2.45 bits per heavy atom. The van der Waals surface area contributed by atoms with Crippen molar-refractivity contribution in [3.05, 3.63) is 41.3 Å². The lowest BCUT2D eigenvalue weighted by atomic mass is 10.2. The van der Waals surface area contributed by atoms with Gasteiger partial charge in [-0.05, 0) is 38.5 Å². The van der Waals surface area contributed by atoms with E-state index < -0.39 is 11.7 Å². The van der Waals surface area contributed by atoms with Crippen molar-refractivity contribution in [3.8, 4) is 0 Å². The molecule has 0 N–H and O–H groups in total. The molecule has 2 aromatic rings. The van der Waals surface area contributed by atoms with E-state index in [1.807, 2.05) is 24.8 Å². The molecule has 0 unspecified atom stereocenters. The third-order valence-electron chi connectivity index (χ3n) is 4.53. The number of hydrogen-bond acceptors (Lipinski definition) is 6. The van der Waals surface area contributed by atoms with Crippen molar-refractivity contribution in [2.75, 3.05) is 36.8 Å². The quantitative estimate of drug-likeness (QED) is 0.553. The van der Waals surface area contributed by atoms with Gasteiger partial charge in [0.1, 0.15) is 5.82 Å². The van der Waals surface area contributed by atoms with Crippen LogP contribution in [0.25, 0.3) is 0 Å². The molecule has 1 fully saturated rings. The predicted octanol–water partition coefficient (Wildman–Crippen LogP) is 3.34. The van der Waals surface area contributed by atoms with Crippen LogP contribution in [0.2, 0.25) is 0 Å². The lowest BCUT2D eigenvalue weighted by Crippen LogP contribution is -2.36. The Labute approximate surface area is 171 Å². The highest BCUT2D eigenvalue weighted by Crippen LogP contribution is 2.29. The zero-order valence-corrected chi connectivity index (χ0v) is 17.1. The van der Waals surface area contributed by atoms with E-state index in [0.717, 1.165) is 30.1 Å². The second kappa shape index (κ2) is 8.98. The van der Waals surface area contributed by atoms with Crippen molar-refractivity contribution < 1.29 is 18.0 Å². The van der Waals surface area contributed by atoms with Crippen LogP contribution in [-0.4, -0.2) is 57.7 Å². The number of halogens is 3. The summed E-state index contributed by atoms with van der Waals surface area (Å²) < 4.78 is 38.1. The van der Waals surface area contributed by atoms with Gasteiger partial charge in [-0.1, -0.05) is 11.8 Å². The van der Waals surface area contributed by atoms with Gasteiger partial charge in [-0.2, -0.15) is 13.2 Å². The van der Waals surface area contributed by atoms with Crippen LogP contribution in [0.5, 0.6) is 0 Å². The summed E-state index contributed by atoms with van der Waals surface area (Å²) in [5, 5.41) is 0.584. The van der Waals surface area contributed by atoms with Crippen molar-refractivity contribution in [1.29, 1.82) is 0 Å². The molecule has 1 aliphatic rings. The van der Waals surface area contributed by atoms with Crippen LogP contribution >= 0.6 is 11.8 Å². The first kappa shape index (κ1) is 21.4. The minimum atomic E-state index is -4.40. The van der Waals surface area contributed by atoms with Gasteiger partial charge in [0.2, 0.25) is 5.91 Å². The number of pyridine rings is 1. The molecule has 0 saturated carbocycles. The number of rotatable bonds is 4. The molecule has 29 heavy (non-hydrogen) atoms. The topological polar surface area (TPSA) is 62.2 Å². The number of hydrogen-bond donors (Lipinski definition) is 0. The lowest BCUT2D eigenvalue weighted by Gasteiger charge is -2.23. The summed E-state index contributed by atoms with van der Waals surface area (Å²) in [7, 11) is 0. The molecular weight excluding hydrogens is 403 g/mol. The number of nitrogens with zero attached hydrogens (tertiary/aromatic N) is 5. The first-order valence-electron chi connectivity index (χ1n) is 9.23. The molecule has 0 aromatic carbocycles. The largest absolute Gasteiger partial charge is 0.417 e. The summed E-state index contributed by atoms with van der Waals surface area (Å²) in [4.78, 5) is 28.9. The lowest BCUT2D eigenvalue weighted by molar-refractivity contribution is -0.137. The zero-order valence-electron chi connectivity index (χ0n) is 16.2. The van der Waals surface area contributed by atoms with Gasteiger partial charge in [0.15, 0.2) is 5.16 Å². The molecule has 0 atom stereocenters. The summed E-state index contributed by atoms with van der Waals surface area (Å²) in [5.74, 6) is 0.742. The molecule has 0 spiro atoms. The second-order valence-corrected chi connectivity index (χ2v) is 7.79. The molecule has 2 aromatic heterocycles. The van der Waals surface area contributed by atoms with Crippen LogP contribution in [-0.2, 0) is 11.0 Å². The average molecular weight is 425 g/mol. The van der Waals surface area contributed by atoms with Gasteiger partial charge in [0.05, 0.1) is 11.3 Å². The van der Waals surface area contributed by atoms with Gasteiger partial charge in [-0.25, -0.2) is 15.0 Å². The van der Waals surface area contributed by atoms with Gasteiger partial charge in [0, 0.05) is 43.8 Å². The van der Waals surface area contributed by atoms with Gasteiger partial charge < -0.3 is 9.80 Å². The fraction of sp³-hybridized carbons (Fsp3) is 0.474. The monoisotopic (exact) mass is 425 g/mol. The maximum Gasteiger partial charge on any atom is 0.417 e. The molecule has 1 saturated heterocycles. The highest BCUT2D eigenvalue weighted by molar-refractivity contribution is 7.99. The number of aryl methyl sites for hydroxylation is 2. The van der Waals surface area contributed by atoms with Gasteiger partial charge in [-0.15, -0.1) is 0 Å². The fourth-order valence-corrected chi connectivity index (χ4v) is 3.96. The van der Waals surface area contributed by atoms with E-state index in [2.05, 4.69) is 15.0 Å². The number of anilines is 1. The van der Waals surface area contributed by atoms with Crippen LogP contribution in [0.4, 0.5) is 19.0 Å². The van der Waals surface area contributed by atoms with Crippen LogP contribution < -0.4 is 4.90 Å². The molecule has 0 bridgehead atoms. The third kappa shape index (κ3) is 5.81. The van der Waals surface area contributed by atoms with E-state index in [1.165, 1.54) is 17.8 Å². The van der Waals surface area contributed by atoms with Crippen molar-refractivity contribution >= 4 is 23.5 Å². The molecule has 6 nitrogen and oxygen atoms in total. The number of amides is 1. The Morgan fingerprint density at radius 2 is 1.83 bits per heavy atom. The van der Waals surface area contributed by atoms with Gasteiger partial charge >= 0.3 is 6.18 Å². The number of carbonyl (C=O) groups is 1. The van der Waals surface area contributed by atoms with Crippen molar-refractivity contribution in [2.24, 2.45) is 0 Å². The summed E-state index contributed by atoms with van der Waals surface area (Å²) in [6, 6.07) is 4.30. The first-order valence-corrected chi connectivity index (χ1v) is 10.2. The minimum absolute atomic E-state index is 0.0000114. The minimum Gasteiger partial charge on any atom is -0.355 e. The number of alkyl halides is 3. The Morgan fingerprint density at radius 1 is 1.10 bits per heavy atom. The summed E-state index contributed by atoms with van der Waals surface area (Å²) >= 11 is 1.31. The fourth-order valence-electron chi connectivity index (χ4n) is 3.11. The Hall–Kier alpha value is -2.36. The molecule has 10 heteroatoms. The van der Waals surface area contributed by atoms with E-state index in [9.17, 15) is 18.0 Å². The molecule has 0 aliphatic carbocycles. The Balaban J connectivity index is 1.55. The second-order valence-electron chi connectivity index (χ2n) is 6.85. The van der Waals surface area contributed by atoms with Crippen LogP contribution in [0.1, 0.15) is 23.4 Å². The molecule has 3 rings (SSSR count). The average Bonchev–Trinajstić information content (AvgIpc) is 2.91. The highest BCUT2D eigenvalue weighted by Gasteiger charge is 2.31. The van der Waals surface area contributed by atoms with Gasteiger partial charge in [-0.3, -0.25) is 4.79 Å². The normalized spacial score (nSPS) is 15.3. The van der Waals surface area contributed by atoms with E-state index >= 15 is 0 Å².